The number of urea groups is 2. The van der Waals surface area contributed by atoms with Crippen molar-refractivity contribution in [2.75, 3.05) is 43.4 Å². The summed E-state index contributed by atoms with van der Waals surface area (Å²) in [5.41, 5.74) is -0.633. The van der Waals surface area contributed by atoms with Crippen LogP contribution in [0.25, 0.3) is 0 Å². The molecule has 0 atom stereocenters. The van der Waals surface area contributed by atoms with Crippen LogP contribution in [0.15, 0.2) is 91.2 Å². The Hall–Kier alpha value is -8.65. The quantitative estimate of drug-likeness (QED) is 0.0171. The Morgan fingerprint density at radius 3 is 1.89 bits per heavy atom. The number of hydrogen-bond acceptors (Lipinski definition) is 24. The Morgan fingerprint density at radius 1 is 0.806 bits per heavy atom. The van der Waals surface area contributed by atoms with Crippen LogP contribution in [0.5, 0.6) is 17.8 Å². The van der Waals surface area contributed by atoms with Gasteiger partial charge in [-0.05, 0) is 73.4 Å². The van der Waals surface area contributed by atoms with Gasteiger partial charge in [0.2, 0.25) is 28.5 Å². The Balaban J connectivity index is 0.000000277. The molecule has 32 nitrogen and oxygen atoms in total. The van der Waals surface area contributed by atoms with E-state index in [2.05, 4.69) is 54.8 Å². The highest BCUT2D eigenvalue weighted by Gasteiger charge is 2.30. The van der Waals surface area contributed by atoms with Crippen LogP contribution >= 0.6 is 42.3 Å². The van der Waals surface area contributed by atoms with Crippen LogP contribution < -0.4 is 49.3 Å². The third-order valence-corrected chi connectivity index (χ3v) is 16.3. The summed E-state index contributed by atoms with van der Waals surface area (Å²) >= 11 is 8.17. The van der Waals surface area contributed by atoms with E-state index in [4.69, 9.17) is 36.3 Å². The molecule has 93 heavy (non-hydrogen) atoms. The summed E-state index contributed by atoms with van der Waals surface area (Å²) in [6, 6.07) is 9.68. The smallest absolute Gasteiger partial charge is 0.389 e. The largest absolute Gasteiger partial charge is 0.480 e. The van der Waals surface area contributed by atoms with E-state index in [0.29, 0.717) is 28.9 Å². The molecule has 1 aliphatic rings. The number of aromatic carboxylic acids is 1. The number of halogens is 9. The van der Waals surface area contributed by atoms with Gasteiger partial charge in [0.05, 0.1) is 54.4 Å². The number of benzene rings is 3. The lowest BCUT2D eigenvalue weighted by Crippen LogP contribution is -2.35. The zero-order chi connectivity index (χ0) is 69.6. The van der Waals surface area contributed by atoms with E-state index >= 15 is 0 Å². The number of aliphatic carboxylic acids is 1. The normalized spacial score (nSPS) is 12.3. The van der Waals surface area contributed by atoms with Gasteiger partial charge in [-0.25, -0.2) is 54.7 Å². The molecular formula is C47H49ClF8N13O19PS4. The molecule has 1 aliphatic heterocycles. The van der Waals surface area contributed by atoms with Crippen LogP contribution in [0.3, 0.4) is 0 Å². The van der Waals surface area contributed by atoms with Crippen LogP contribution in [-0.2, 0) is 58.4 Å². The number of nitrogens with zero attached hydrogens (tertiary/aromatic N) is 8. The van der Waals surface area contributed by atoms with E-state index < -0.39 is 142 Å². The number of carboxylic acids is 2. The number of hydrogen-bond donors (Lipinski definition) is 9. The third kappa shape index (κ3) is 26.5. The first-order chi connectivity index (χ1) is 43.4. The molecule has 0 spiro atoms. The molecular weight excluding hydrogens is 1400 g/mol. The van der Waals surface area contributed by atoms with Crippen molar-refractivity contribution in [3.63, 3.8) is 0 Å². The SMILES string of the molecule is COC(=O)CSc1cc(N=c2sc(=O)n3n2CCCC3)c(F)cc1Cl.COc1nc(C)nc(NC(=O)NS(=O)(=O)c2ccccc2CCC(F)(F)F)n1.O=C(Nc1nc(OC(F)F)cc(OC(F)F)n1)NS(=O)(=O)c1ccccc1C(=O)O.O=C(O)CNCP(=O)(O)O. The maximum Gasteiger partial charge on any atom is 0.389 e. The van der Waals surface area contributed by atoms with Gasteiger partial charge in [0.1, 0.15) is 22.2 Å². The second kappa shape index (κ2) is 34.9. The average Bonchev–Trinajstić information content (AvgIpc) is 1.79. The van der Waals surface area contributed by atoms with Crippen molar-refractivity contribution in [2.24, 2.45) is 4.99 Å². The fraction of sp³-hybridized carbons (Fsp3) is 0.319. The lowest BCUT2D eigenvalue weighted by atomic mass is 10.1. The van der Waals surface area contributed by atoms with Crippen molar-refractivity contribution in [3.05, 3.63) is 109 Å². The molecule has 0 fully saturated rings. The van der Waals surface area contributed by atoms with Crippen LogP contribution in [0.4, 0.5) is 62.3 Å². The average molecular weight is 1450 g/mol. The molecule has 3 aromatic carbocycles. The predicted octanol–water partition coefficient (Wildman–Crippen LogP) is 5.67. The third-order valence-electron chi connectivity index (χ3n) is 10.5. The lowest BCUT2D eigenvalue weighted by Gasteiger charge is -2.15. The van der Waals surface area contributed by atoms with Gasteiger partial charge < -0.3 is 38.9 Å². The summed E-state index contributed by atoms with van der Waals surface area (Å²) in [6.45, 7) is -4.43. The number of anilines is 2. The minimum Gasteiger partial charge on any atom is -0.480 e. The molecule has 0 unspecified atom stereocenters. The Kier molecular flexibility index (Phi) is 28.8. The topological polar surface area (TPSA) is 452 Å². The molecule has 4 heterocycles. The van der Waals surface area contributed by atoms with Crippen LogP contribution in [0.2, 0.25) is 5.02 Å². The van der Waals surface area contributed by atoms with E-state index in [9.17, 15) is 85.3 Å². The van der Waals surface area contributed by atoms with Gasteiger partial charge in [-0.1, -0.05) is 41.9 Å². The number of carbonyl (C=O) groups excluding carboxylic acids is 3. The number of sulfonamides is 2. The van der Waals surface area contributed by atoms with Gasteiger partial charge in [0, 0.05) is 24.4 Å². The number of nitrogens with one attached hydrogen (secondary N) is 5. The molecule has 0 aliphatic carbocycles. The van der Waals surface area contributed by atoms with Crippen molar-refractivity contribution in [1.29, 1.82) is 0 Å². The van der Waals surface area contributed by atoms with Gasteiger partial charge in [-0.3, -0.25) is 39.6 Å². The molecule has 3 aromatic heterocycles. The van der Waals surface area contributed by atoms with Crippen LogP contribution in [0, 0.1) is 12.7 Å². The summed E-state index contributed by atoms with van der Waals surface area (Å²) in [6.07, 6.45) is -4.90. The molecule has 9 N–H and O–H groups in total. The first-order valence-corrected chi connectivity index (χ1v) is 32.0. The number of aromatic nitrogens is 7. The fourth-order valence-electron chi connectivity index (χ4n) is 6.84. The molecule has 7 rings (SSSR count). The standard InChI is InChI=1S/C15H15ClFN3O3S2.C15H16F3N5O4S.C14H10F4N4O7S.C3H8NO5P/c1-23-13(21)8-24-12-7-11(10(17)6-9(12)16)18-14-19-4-2-3-5-20(19)15(22)25-14;1-9-19-12(22-14(20-9)27-2)21-13(24)23-28(25,26)11-6-4-3-5-10(11)7-8-15(16,17)18;15-11(16)28-8-5-9(29-12(17)18)20-13(19-8)21-14(25)22-30(26,27)7-4-2-1-3-6(7)10(23)24;5-3(6)1-4-2-10(7,8)9/h6-7H,2-5,8H2,1H3;3-6H,7-8H2,1-2H3,(H2,19,20,21,22,23,24);1-5,11-12H,(H,23,24)(H2,19,20,21,22,25);4H,1-2H2,(H,5,6)(H2,7,8,9). The number of thioether (sulfide) groups is 1. The number of rotatable bonds is 22. The minimum absolute atomic E-state index is 0.0605. The molecule has 0 saturated carbocycles. The monoisotopic (exact) mass is 1450 g/mol. The number of ether oxygens (including phenoxy) is 4. The lowest BCUT2D eigenvalue weighted by molar-refractivity contribution is -0.137. The zero-order valence-electron chi connectivity index (χ0n) is 47.3. The van der Waals surface area contributed by atoms with E-state index in [1.165, 1.54) is 62.3 Å². The highest BCUT2D eigenvalue weighted by Crippen LogP contribution is 2.34. The van der Waals surface area contributed by atoms with Crippen LogP contribution in [0.1, 0.15) is 41.0 Å². The molecule has 0 bridgehead atoms. The number of aryl methyl sites for hydroxylation is 2. The van der Waals surface area contributed by atoms with E-state index in [1.807, 2.05) is 0 Å². The van der Waals surface area contributed by atoms with Gasteiger partial charge in [0.25, 0.3) is 20.0 Å². The van der Waals surface area contributed by atoms with Crippen molar-refractivity contribution < 1.29 is 119 Å². The first-order valence-electron chi connectivity index (χ1n) is 25.1. The molecule has 508 valence electrons. The van der Waals surface area contributed by atoms with Crippen LogP contribution in [-0.4, -0.2) is 153 Å². The number of esters is 1. The predicted molar refractivity (Wildman–Crippen MR) is 307 cm³/mol. The number of methoxy groups -OCH3 is 2. The maximum absolute atomic E-state index is 14.3. The van der Waals surface area contributed by atoms with Crippen molar-refractivity contribution in [2.45, 2.75) is 79.8 Å². The molecule has 0 radical (unpaired) electrons. The second-order valence-electron chi connectivity index (χ2n) is 17.4. The van der Waals surface area contributed by atoms with Gasteiger partial charge in [-0.15, -0.1) is 11.8 Å². The summed E-state index contributed by atoms with van der Waals surface area (Å²) < 4.78 is 184. The zero-order valence-corrected chi connectivity index (χ0v) is 52.3. The Morgan fingerprint density at radius 2 is 1.35 bits per heavy atom. The number of fused-ring (bicyclic) bond motifs is 1. The summed E-state index contributed by atoms with van der Waals surface area (Å²) in [4.78, 5) is 106. The van der Waals surface area contributed by atoms with Crippen molar-refractivity contribution in [3.8, 4) is 17.8 Å². The highest BCUT2D eigenvalue weighted by atomic mass is 35.5. The van der Waals surface area contributed by atoms with Crippen molar-refractivity contribution in [1.82, 2.24) is 49.0 Å². The van der Waals surface area contributed by atoms with Gasteiger partial charge in [0.15, 0.2) is 0 Å². The van der Waals surface area contributed by atoms with E-state index in [1.54, 1.807) is 19.4 Å². The Bertz CT molecular complexity index is 4050. The minimum atomic E-state index is -4.71. The van der Waals surface area contributed by atoms with Gasteiger partial charge >= 0.3 is 67.8 Å². The van der Waals surface area contributed by atoms with E-state index in [0.717, 1.165) is 60.2 Å². The number of carbonyl (C=O) groups is 5. The molecule has 0 saturated heterocycles. The number of alkyl halides is 7. The molecule has 4 amide bonds. The Labute approximate surface area is 531 Å². The van der Waals surface area contributed by atoms with Crippen molar-refractivity contribution >= 4 is 110 Å². The summed E-state index contributed by atoms with van der Waals surface area (Å²) in [5.74, 6) is -6.57. The fourth-order valence-corrected chi connectivity index (χ4v) is 11.5. The summed E-state index contributed by atoms with van der Waals surface area (Å²) in [5, 5.41) is 23.1. The maximum atomic E-state index is 14.3. The highest BCUT2D eigenvalue weighted by molar-refractivity contribution is 8.00. The second-order valence-corrected chi connectivity index (χ2v) is 24.7. The van der Waals surface area contributed by atoms with E-state index in [-0.39, 0.29) is 44.7 Å². The van der Waals surface area contributed by atoms with Gasteiger partial charge in [-0.2, -0.15) is 55.7 Å². The summed E-state index contributed by atoms with van der Waals surface area (Å²) in [7, 11) is -10.7. The first kappa shape index (κ1) is 76.8. The number of amides is 4. The molecule has 6 aromatic rings. The number of carboxylic acid groups (broad SMARTS) is 2. The molecule has 46 heteroatoms.